The number of aromatic nitrogens is 1. The van der Waals surface area contributed by atoms with Crippen molar-refractivity contribution in [2.45, 2.75) is 38.5 Å². The zero-order valence-corrected chi connectivity index (χ0v) is 13.7. The van der Waals surface area contributed by atoms with E-state index in [1.165, 1.54) is 0 Å². The minimum absolute atomic E-state index is 0.0326. The van der Waals surface area contributed by atoms with Crippen LogP contribution in [0.3, 0.4) is 0 Å². The Balaban J connectivity index is 2.06. The molecule has 0 aliphatic heterocycles. The first kappa shape index (κ1) is 16.2. The maximum absolute atomic E-state index is 12.2. The summed E-state index contributed by atoms with van der Waals surface area (Å²) in [6, 6.07) is 1.67. The normalized spacial score (nSPS) is 16.7. The van der Waals surface area contributed by atoms with Crippen molar-refractivity contribution in [3.63, 3.8) is 0 Å². The molecular weight excluding hydrogens is 360 g/mol. The zero-order valence-electron chi connectivity index (χ0n) is 11.4. The van der Waals surface area contributed by atoms with E-state index in [9.17, 15) is 9.59 Å². The Morgan fingerprint density at radius 3 is 2.67 bits per heavy atom. The van der Waals surface area contributed by atoms with Crippen molar-refractivity contribution in [1.29, 1.82) is 0 Å². The van der Waals surface area contributed by atoms with Gasteiger partial charge in [-0.15, -0.1) is 0 Å². The van der Waals surface area contributed by atoms with Crippen LogP contribution in [-0.2, 0) is 9.59 Å². The number of halogens is 2. The molecule has 0 atom stereocenters. The number of carboxylic acid groups (broad SMARTS) is 1. The zero-order chi connectivity index (χ0) is 15.5. The molecule has 0 aromatic carbocycles. The number of aliphatic carboxylic acids is 1. The summed E-state index contributed by atoms with van der Waals surface area (Å²) < 4.78 is 0.711. The Bertz CT molecular complexity index is 559. The van der Waals surface area contributed by atoms with E-state index in [-0.39, 0.29) is 23.9 Å². The summed E-state index contributed by atoms with van der Waals surface area (Å²) >= 11 is 9.20. The maximum atomic E-state index is 12.2. The van der Waals surface area contributed by atoms with Gasteiger partial charge < -0.3 is 10.4 Å². The van der Waals surface area contributed by atoms with Crippen molar-refractivity contribution in [2.24, 2.45) is 5.41 Å². The van der Waals surface area contributed by atoms with Crippen LogP contribution < -0.4 is 5.32 Å². The molecule has 0 radical (unpaired) electrons. The van der Waals surface area contributed by atoms with Gasteiger partial charge in [-0.2, -0.15) is 0 Å². The van der Waals surface area contributed by atoms with Crippen LogP contribution in [0, 0.1) is 5.41 Å². The number of nitrogens with zero attached hydrogens (tertiary/aromatic N) is 1. The first-order valence-corrected chi connectivity index (χ1v) is 7.90. The molecule has 114 valence electrons. The summed E-state index contributed by atoms with van der Waals surface area (Å²) in [7, 11) is 0. The van der Waals surface area contributed by atoms with Crippen LogP contribution in [0.25, 0.3) is 0 Å². The third-order valence-electron chi connectivity index (χ3n) is 3.81. The summed E-state index contributed by atoms with van der Waals surface area (Å²) in [4.78, 5) is 27.2. The van der Waals surface area contributed by atoms with Crippen LogP contribution >= 0.6 is 27.5 Å². The van der Waals surface area contributed by atoms with Crippen molar-refractivity contribution in [3.05, 3.63) is 21.9 Å². The summed E-state index contributed by atoms with van der Waals surface area (Å²) in [6.07, 6.45) is 5.27. The summed E-state index contributed by atoms with van der Waals surface area (Å²) in [6.45, 7) is 0. The van der Waals surface area contributed by atoms with Gasteiger partial charge in [-0.3, -0.25) is 9.59 Å². The first-order valence-electron chi connectivity index (χ1n) is 6.73. The predicted octanol–water partition coefficient (Wildman–Crippen LogP) is 3.86. The smallest absolute Gasteiger partial charge is 0.303 e. The number of rotatable bonds is 5. The van der Waals surface area contributed by atoms with Crippen molar-refractivity contribution < 1.29 is 14.7 Å². The standard InChI is InChI=1S/C14H16BrClN2O3/c15-9-5-10(13(16)17-8-9)18-11(19)6-14(7-12(20)21)3-1-2-4-14/h5,8H,1-4,6-7H2,(H,18,19)(H,20,21). The molecule has 0 saturated heterocycles. The fraction of sp³-hybridized carbons (Fsp3) is 0.500. The number of pyridine rings is 1. The summed E-state index contributed by atoms with van der Waals surface area (Å²) in [5.74, 6) is -1.08. The first-order chi connectivity index (χ1) is 9.90. The second-order valence-electron chi connectivity index (χ2n) is 5.49. The predicted molar refractivity (Wildman–Crippen MR) is 83.3 cm³/mol. The van der Waals surface area contributed by atoms with Gasteiger partial charge in [0.05, 0.1) is 12.1 Å². The van der Waals surface area contributed by atoms with Gasteiger partial charge in [-0.25, -0.2) is 4.98 Å². The quantitative estimate of drug-likeness (QED) is 0.766. The average molecular weight is 376 g/mol. The van der Waals surface area contributed by atoms with E-state index in [1.807, 2.05) is 0 Å². The molecule has 2 N–H and O–H groups in total. The fourth-order valence-electron chi connectivity index (χ4n) is 2.91. The van der Waals surface area contributed by atoms with E-state index >= 15 is 0 Å². The molecule has 0 unspecified atom stereocenters. The Labute approximate surface area is 136 Å². The molecule has 5 nitrogen and oxygen atoms in total. The monoisotopic (exact) mass is 374 g/mol. The highest BCUT2D eigenvalue weighted by molar-refractivity contribution is 9.10. The van der Waals surface area contributed by atoms with Crippen LogP contribution in [0.15, 0.2) is 16.7 Å². The molecule has 1 aliphatic carbocycles. The molecule has 1 aliphatic rings. The average Bonchev–Trinajstić information content (AvgIpc) is 2.80. The van der Waals surface area contributed by atoms with E-state index in [2.05, 4.69) is 26.2 Å². The summed E-state index contributed by atoms with van der Waals surface area (Å²) in [5.41, 5.74) is 0.00137. The van der Waals surface area contributed by atoms with E-state index < -0.39 is 11.4 Å². The van der Waals surface area contributed by atoms with E-state index in [1.54, 1.807) is 12.3 Å². The number of nitrogens with one attached hydrogen (secondary N) is 1. The number of anilines is 1. The third kappa shape index (κ3) is 4.41. The molecule has 7 heteroatoms. The Kier molecular flexibility index (Phi) is 5.22. The van der Waals surface area contributed by atoms with Crippen LogP contribution in [0.5, 0.6) is 0 Å². The fourth-order valence-corrected chi connectivity index (χ4v) is 3.39. The van der Waals surface area contributed by atoms with Gasteiger partial charge in [-0.05, 0) is 40.3 Å². The minimum Gasteiger partial charge on any atom is -0.481 e. The summed E-state index contributed by atoms with van der Waals surface area (Å²) in [5, 5.41) is 12.0. The van der Waals surface area contributed by atoms with Crippen molar-refractivity contribution in [2.75, 3.05) is 5.32 Å². The van der Waals surface area contributed by atoms with Crippen LogP contribution in [-0.4, -0.2) is 22.0 Å². The number of carboxylic acids is 1. The molecule has 1 aromatic heterocycles. The van der Waals surface area contributed by atoms with Crippen LogP contribution in [0.4, 0.5) is 5.69 Å². The van der Waals surface area contributed by atoms with E-state index in [4.69, 9.17) is 16.7 Å². The molecule has 2 rings (SSSR count). The van der Waals surface area contributed by atoms with E-state index in [0.29, 0.717) is 10.2 Å². The molecule has 0 bridgehead atoms. The third-order valence-corrected chi connectivity index (χ3v) is 4.54. The minimum atomic E-state index is -0.855. The lowest BCUT2D eigenvalue weighted by atomic mass is 9.79. The van der Waals surface area contributed by atoms with Crippen molar-refractivity contribution in [3.8, 4) is 0 Å². The number of hydrogen-bond acceptors (Lipinski definition) is 3. The highest BCUT2D eigenvalue weighted by Crippen LogP contribution is 2.44. The molecule has 0 spiro atoms. The van der Waals surface area contributed by atoms with Gasteiger partial charge in [-0.1, -0.05) is 24.4 Å². The molecule has 1 saturated carbocycles. The largest absolute Gasteiger partial charge is 0.481 e. The number of hydrogen-bond donors (Lipinski definition) is 2. The molecule has 1 amide bonds. The molecule has 21 heavy (non-hydrogen) atoms. The molecular formula is C14H16BrClN2O3. The second kappa shape index (κ2) is 6.75. The van der Waals surface area contributed by atoms with Gasteiger partial charge in [0.1, 0.15) is 0 Å². The van der Waals surface area contributed by atoms with Crippen molar-refractivity contribution >= 4 is 45.1 Å². The van der Waals surface area contributed by atoms with E-state index in [0.717, 1.165) is 25.7 Å². The van der Waals surface area contributed by atoms with Crippen molar-refractivity contribution in [1.82, 2.24) is 4.98 Å². The number of carbonyl (C=O) groups is 2. The SMILES string of the molecule is O=C(O)CC1(CC(=O)Nc2cc(Br)cnc2Cl)CCCC1. The lowest BCUT2D eigenvalue weighted by Gasteiger charge is -2.26. The second-order valence-corrected chi connectivity index (χ2v) is 6.77. The molecule has 1 fully saturated rings. The molecule has 1 heterocycles. The number of amides is 1. The number of carbonyl (C=O) groups excluding carboxylic acids is 1. The Hall–Kier alpha value is -1.14. The van der Waals surface area contributed by atoms with Gasteiger partial charge in [0.25, 0.3) is 0 Å². The van der Waals surface area contributed by atoms with Gasteiger partial charge in [0.2, 0.25) is 5.91 Å². The Morgan fingerprint density at radius 2 is 2.05 bits per heavy atom. The highest BCUT2D eigenvalue weighted by atomic mass is 79.9. The maximum Gasteiger partial charge on any atom is 0.303 e. The highest BCUT2D eigenvalue weighted by Gasteiger charge is 2.38. The van der Waals surface area contributed by atoms with Gasteiger partial charge in [0.15, 0.2) is 5.15 Å². The Morgan fingerprint density at radius 1 is 1.38 bits per heavy atom. The molecule has 1 aromatic rings. The van der Waals surface area contributed by atoms with Crippen LogP contribution in [0.2, 0.25) is 5.15 Å². The van der Waals surface area contributed by atoms with Crippen LogP contribution in [0.1, 0.15) is 38.5 Å². The topological polar surface area (TPSA) is 79.3 Å². The lowest BCUT2D eigenvalue weighted by molar-refractivity contribution is -0.140. The van der Waals surface area contributed by atoms with Gasteiger partial charge in [0, 0.05) is 17.1 Å². The van der Waals surface area contributed by atoms with Gasteiger partial charge >= 0.3 is 5.97 Å². The lowest BCUT2D eigenvalue weighted by Crippen LogP contribution is -2.27.